The maximum Gasteiger partial charge on any atom is 0.239 e. The van der Waals surface area contributed by atoms with Crippen molar-refractivity contribution < 1.29 is 9.59 Å². The third-order valence-electron chi connectivity index (χ3n) is 3.06. The summed E-state index contributed by atoms with van der Waals surface area (Å²) in [5.41, 5.74) is 1.02. The third kappa shape index (κ3) is 3.54. The molecule has 2 rings (SSSR count). The van der Waals surface area contributed by atoms with E-state index >= 15 is 0 Å². The summed E-state index contributed by atoms with van der Waals surface area (Å²) in [7, 11) is 0. The van der Waals surface area contributed by atoms with Crippen LogP contribution in [-0.2, 0) is 9.59 Å². The van der Waals surface area contributed by atoms with Crippen LogP contribution in [0.5, 0.6) is 0 Å². The number of carbonyl (C=O) groups excluding carboxylic acids is 2. The van der Waals surface area contributed by atoms with Gasteiger partial charge in [0.1, 0.15) is 6.04 Å². The molecule has 1 fully saturated rings. The average molecular weight is 326 g/mol. The van der Waals surface area contributed by atoms with Crippen LogP contribution in [0.2, 0.25) is 0 Å². The Morgan fingerprint density at radius 1 is 1.47 bits per heavy atom. The Bertz CT molecular complexity index is 483. The zero-order valence-electron chi connectivity index (χ0n) is 10.6. The molecule has 19 heavy (non-hydrogen) atoms. The van der Waals surface area contributed by atoms with Gasteiger partial charge in [-0.2, -0.15) is 0 Å². The number of amides is 2. The minimum atomic E-state index is -0.373. The predicted molar refractivity (Wildman–Crippen MR) is 75.5 cm³/mol. The van der Waals surface area contributed by atoms with E-state index in [1.807, 2.05) is 31.2 Å². The van der Waals surface area contributed by atoms with Gasteiger partial charge in [0.2, 0.25) is 11.8 Å². The van der Waals surface area contributed by atoms with E-state index in [9.17, 15) is 9.59 Å². The van der Waals surface area contributed by atoms with Gasteiger partial charge in [-0.3, -0.25) is 14.9 Å². The molecule has 0 aliphatic carbocycles. The van der Waals surface area contributed by atoms with E-state index in [0.717, 1.165) is 10.0 Å². The fraction of sp³-hybridized carbons (Fsp3) is 0.385. The number of halogens is 1. The molecule has 3 N–H and O–H groups in total. The van der Waals surface area contributed by atoms with E-state index in [-0.39, 0.29) is 30.4 Å². The van der Waals surface area contributed by atoms with Crippen LogP contribution in [0, 0.1) is 0 Å². The fourth-order valence-corrected chi connectivity index (χ4v) is 2.60. The molecule has 6 heteroatoms. The monoisotopic (exact) mass is 325 g/mol. The Hall–Kier alpha value is -1.40. The minimum absolute atomic E-state index is 0.0806. The Balaban J connectivity index is 1.95. The SMILES string of the molecule is CC(NC(=O)C1CNC(=O)CN1)c1ccccc1Br. The molecular formula is C13H16BrN3O2. The summed E-state index contributed by atoms with van der Waals surface area (Å²) in [6.45, 7) is 2.44. The lowest BCUT2D eigenvalue weighted by Crippen LogP contribution is -2.58. The molecule has 0 bridgehead atoms. The average Bonchev–Trinajstić information content (AvgIpc) is 2.39. The van der Waals surface area contributed by atoms with Gasteiger partial charge in [0.15, 0.2) is 0 Å². The van der Waals surface area contributed by atoms with Gasteiger partial charge in [0, 0.05) is 11.0 Å². The van der Waals surface area contributed by atoms with Crippen LogP contribution in [0.1, 0.15) is 18.5 Å². The first-order valence-corrected chi connectivity index (χ1v) is 6.92. The first kappa shape index (κ1) is 14.0. The molecule has 5 nitrogen and oxygen atoms in total. The molecule has 2 atom stereocenters. The molecule has 0 spiro atoms. The van der Waals surface area contributed by atoms with E-state index in [4.69, 9.17) is 0 Å². The molecule has 2 amide bonds. The summed E-state index contributed by atoms with van der Waals surface area (Å²) >= 11 is 3.47. The molecule has 1 heterocycles. The lowest BCUT2D eigenvalue weighted by atomic mass is 10.1. The summed E-state index contributed by atoms with van der Waals surface area (Å²) in [5.74, 6) is -0.189. The Morgan fingerprint density at radius 2 is 2.21 bits per heavy atom. The van der Waals surface area contributed by atoms with Crippen LogP contribution in [0.15, 0.2) is 28.7 Å². The highest BCUT2D eigenvalue weighted by Gasteiger charge is 2.25. The number of hydrogen-bond donors (Lipinski definition) is 3. The molecular weight excluding hydrogens is 310 g/mol. The van der Waals surface area contributed by atoms with E-state index in [2.05, 4.69) is 31.9 Å². The highest BCUT2D eigenvalue weighted by Crippen LogP contribution is 2.22. The van der Waals surface area contributed by atoms with Crippen molar-refractivity contribution in [2.45, 2.75) is 19.0 Å². The lowest BCUT2D eigenvalue weighted by molar-refractivity contribution is -0.127. The minimum Gasteiger partial charge on any atom is -0.353 e. The Labute approximate surface area is 120 Å². The summed E-state index contributed by atoms with van der Waals surface area (Å²) in [4.78, 5) is 23.1. The fourth-order valence-electron chi connectivity index (χ4n) is 1.97. The highest BCUT2D eigenvalue weighted by atomic mass is 79.9. The van der Waals surface area contributed by atoms with Crippen LogP contribution >= 0.6 is 15.9 Å². The number of hydrogen-bond acceptors (Lipinski definition) is 3. The zero-order chi connectivity index (χ0) is 13.8. The summed E-state index contributed by atoms with van der Waals surface area (Å²) in [6, 6.07) is 7.30. The van der Waals surface area contributed by atoms with E-state index < -0.39 is 0 Å². The summed E-state index contributed by atoms with van der Waals surface area (Å²) in [5, 5.41) is 8.51. The van der Waals surface area contributed by atoms with Crippen molar-refractivity contribution in [3.8, 4) is 0 Å². The van der Waals surface area contributed by atoms with Crippen LogP contribution < -0.4 is 16.0 Å². The molecule has 0 radical (unpaired) electrons. The third-order valence-corrected chi connectivity index (χ3v) is 3.78. The van der Waals surface area contributed by atoms with Crippen LogP contribution in [-0.4, -0.2) is 30.9 Å². The van der Waals surface area contributed by atoms with Gasteiger partial charge in [0.05, 0.1) is 12.6 Å². The van der Waals surface area contributed by atoms with Gasteiger partial charge in [0.25, 0.3) is 0 Å². The van der Waals surface area contributed by atoms with Crippen molar-refractivity contribution in [1.29, 1.82) is 0 Å². The van der Waals surface area contributed by atoms with Crippen molar-refractivity contribution in [3.05, 3.63) is 34.3 Å². The van der Waals surface area contributed by atoms with Gasteiger partial charge in [-0.05, 0) is 18.6 Å². The Morgan fingerprint density at radius 3 is 2.84 bits per heavy atom. The van der Waals surface area contributed by atoms with E-state index in [0.29, 0.717) is 6.54 Å². The van der Waals surface area contributed by atoms with Crippen LogP contribution in [0.25, 0.3) is 0 Å². The second-order valence-corrected chi connectivity index (χ2v) is 5.34. The van der Waals surface area contributed by atoms with Crippen molar-refractivity contribution in [2.75, 3.05) is 13.1 Å². The molecule has 1 aromatic carbocycles. The number of nitrogens with one attached hydrogen (secondary N) is 3. The van der Waals surface area contributed by atoms with Gasteiger partial charge in [-0.1, -0.05) is 34.1 Å². The van der Waals surface area contributed by atoms with Gasteiger partial charge in [-0.25, -0.2) is 0 Å². The second-order valence-electron chi connectivity index (χ2n) is 4.49. The largest absolute Gasteiger partial charge is 0.353 e. The number of carbonyl (C=O) groups is 2. The molecule has 1 aliphatic rings. The molecule has 0 saturated carbocycles. The maximum absolute atomic E-state index is 12.1. The lowest BCUT2D eigenvalue weighted by Gasteiger charge is -2.25. The smallest absolute Gasteiger partial charge is 0.239 e. The van der Waals surface area contributed by atoms with Crippen LogP contribution in [0.4, 0.5) is 0 Å². The van der Waals surface area contributed by atoms with Crippen molar-refractivity contribution >= 4 is 27.7 Å². The quantitative estimate of drug-likeness (QED) is 0.766. The summed E-state index contributed by atoms with van der Waals surface area (Å²) in [6.07, 6.45) is 0. The second kappa shape index (κ2) is 6.16. The number of piperazine rings is 1. The standard InChI is InChI=1S/C13H16BrN3O2/c1-8(9-4-2-3-5-10(9)14)17-13(19)11-6-16-12(18)7-15-11/h2-5,8,11,15H,6-7H2,1H3,(H,16,18)(H,17,19). The van der Waals surface area contributed by atoms with Crippen molar-refractivity contribution in [2.24, 2.45) is 0 Å². The first-order valence-electron chi connectivity index (χ1n) is 6.13. The van der Waals surface area contributed by atoms with E-state index in [1.54, 1.807) is 0 Å². The van der Waals surface area contributed by atoms with Gasteiger partial charge < -0.3 is 10.6 Å². The normalized spacial score (nSPS) is 20.5. The Kier molecular flexibility index (Phi) is 4.55. The van der Waals surface area contributed by atoms with Gasteiger partial charge >= 0.3 is 0 Å². The molecule has 0 aromatic heterocycles. The maximum atomic E-state index is 12.1. The van der Waals surface area contributed by atoms with Crippen molar-refractivity contribution in [3.63, 3.8) is 0 Å². The number of rotatable bonds is 3. The zero-order valence-corrected chi connectivity index (χ0v) is 12.2. The molecule has 102 valence electrons. The highest BCUT2D eigenvalue weighted by molar-refractivity contribution is 9.10. The molecule has 1 aliphatic heterocycles. The molecule has 1 aromatic rings. The first-order chi connectivity index (χ1) is 9.08. The predicted octanol–water partition coefficient (Wildman–Crippen LogP) is 0.714. The van der Waals surface area contributed by atoms with Crippen LogP contribution in [0.3, 0.4) is 0 Å². The summed E-state index contributed by atoms with van der Waals surface area (Å²) < 4.78 is 0.965. The van der Waals surface area contributed by atoms with Crippen molar-refractivity contribution in [1.82, 2.24) is 16.0 Å². The van der Waals surface area contributed by atoms with Gasteiger partial charge in [-0.15, -0.1) is 0 Å². The topological polar surface area (TPSA) is 70.2 Å². The molecule has 2 unspecified atom stereocenters. The van der Waals surface area contributed by atoms with E-state index in [1.165, 1.54) is 0 Å². The molecule has 1 saturated heterocycles. The number of benzene rings is 1.